The fourth-order valence-electron chi connectivity index (χ4n) is 5.52. The lowest BCUT2D eigenvalue weighted by atomic mass is 9.95. The minimum Gasteiger partial charge on any atom is -0.473 e. The van der Waals surface area contributed by atoms with Crippen molar-refractivity contribution in [2.45, 2.75) is 32.0 Å². The van der Waals surface area contributed by atoms with Crippen molar-refractivity contribution in [1.82, 2.24) is 25.2 Å². The minimum atomic E-state index is -4.95. The molecule has 2 aliphatic carbocycles. The van der Waals surface area contributed by atoms with E-state index in [9.17, 15) is 22.4 Å². The summed E-state index contributed by atoms with van der Waals surface area (Å²) in [5.41, 5.74) is -0.364. The molecule has 0 bridgehead atoms. The van der Waals surface area contributed by atoms with Crippen LogP contribution in [0.3, 0.4) is 0 Å². The monoisotopic (exact) mass is 571 g/mol. The maximum absolute atomic E-state index is 15.1. The number of esters is 1. The van der Waals surface area contributed by atoms with Gasteiger partial charge in [-0.25, -0.2) is 13.8 Å². The van der Waals surface area contributed by atoms with Gasteiger partial charge in [-0.05, 0) is 59.4 Å². The van der Waals surface area contributed by atoms with Crippen LogP contribution in [0.25, 0.3) is 22.5 Å². The predicted octanol–water partition coefficient (Wildman–Crippen LogP) is 5.26. The molecule has 1 fully saturated rings. The average molecular weight is 572 g/mol. The number of carbonyl (C=O) groups is 1. The molecule has 2 aromatic carbocycles. The van der Waals surface area contributed by atoms with Gasteiger partial charge in [0.25, 0.3) is 0 Å². The van der Waals surface area contributed by atoms with E-state index >= 15 is 4.39 Å². The molecule has 0 unspecified atom stereocenters. The number of benzene rings is 2. The molecule has 0 spiro atoms. The standard InChI is InChI=1S/C28H22F5N5O3/c1-3-40-27(39)25-18-6-14-9-23(34-11-19(14)24(18)25)41-12-15-7-17(20(10-21(15)29)28(31,32)33)16-5-4-13(8-22(16)30)26-35-37-38(2)36-26/h4-5,7-11,18,24-25H,3,6,12H2,1-2H3/t18-,24-,25+/m1/s1. The second kappa shape index (κ2) is 9.89. The first-order chi connectivity index (χ1) is 19.5. The number of aryl methyl sites for hydroxylation is 1. The van der Waals surface area contributed by atoms with Crippen LogP contribution < -0.4 is 4.74 Å². The van der Waals surface area contributed by atoms with Crippen molar-refractivity contribution < 1.29 is 36.2 Å². The number of pyridine rings is 1. The highest BCUT2D eigenvalue weighted by Crippen LogP contribution is 2.61. The molecule has 2 heterocycles. The summed E-state index contributed by atoms with van der Waals surface area (Å²) in [6.45, 7) is 1.63. The number of nitrogens with zero attached hydrogens (tertiary/aromatic N) is 5. The first-order valence-electron chi connectivity index (χ1n) is 12.8. The van der Waals surface area contributed by atoms with Crippen LogP contribution in [0.4, 0.5) is 22.0 Å². The quantitative estimate of drug-likeness (QED) is 0.221. The fourth-order valence-corrected chi connectivity index (χ4v) is 5.52. The lowest BCUT2D eigenvalue weighted by molar-refractivity contribution is -0.145. The molecule has 0 radical (unpaired) electrons. The number of hydrogen-bond acceptors (Lipinski definition) is 7. The number of alkyl halides is 3. The summed E-state index contributed by atoms with van der Waals surface area (Å²) in [7, 11) is 1.52. The molecule has 6 rings (SSSR count). The maximum atomic E-state index is 15.1. The topological polar surface area (TPSA) is 92.0 Å². The number of aromatic nitrogens is 5. The zero-order valence-electron chi connectivity index (χ0n) is 21.7. The summed E-state index contributed by atoms with van der Waals surface area (Å²) in [6, 6.07) is 6.48. The molecule has 212 valence electrons. The first-order valence-corrected chi connectivity index (χ1v) is 12.8. The fraction of sp³-hybridized carbons (Fsp3) is 0.321. The van der Waals surface area contributed by atoms with Gasteiger partial charge >= 0.3 is 12.1 Å². The van der Waals surface area contributed by atoms with E-state index in [1.54, 1.807) is 19.2 Å². The molecule has 3 atom stereocenters. The van der Waals surface area contributed by atoms with Gasteiger partial charge in [0, 0.05) is 34.9 Å². The van der Waals surface area contributed by atoms with Crippen molar-refractivity contribution in [1.29, 1.82) is 0 Å². The third-order valence-electron chi connectivity index (χ3n) is 7.43. The van der Waals surface area contributed by atoms with Crippen LogP contribution in [-0.4, -0.2) is 37.8 Å². The minimum absolute atomic E-state index is 0.0477. The first kappa shape index (κ1) is 26.8. The van der Waals surface area contributed by atoms with E-state index in [2.05, 4.69) is 20.4 Å². The number of rotatable bonds is 7. The number of hydrogen-bond donors (Lipinski definition) is 0. The highest BCUT2D eigenvalue weighted by molar-refractivity contribution is 5.79. The van der Waals surface area contributed by atoms with E-state index in [1.807, 2.05) is 0 Å². The number of tetrazole rings is 1. The molecule has 41 heavy (non-hydrogen) atoms. The number of halogens is 5. The summed E-state index contributed by atoms with van der Waals surface area (Å²) in [6.07, 6.45) is -2.70. The van der Waals surface area contributed by atoms with Gasteiger partial charge < -0.3 is 9.47 Å². The highest BCUT2D eigenvalue weighted by atomic mass is 19.4. The molecule has 0 aliphatic heterocycles. The van der Waals surface area contributed by atoms with Crippen LogP contribution in [0, 0.1) is 23.5 Å². The zero-order chi connectivity index (χ0) is 29.1. The molecule has 8 nitrogen and oxygen atoms in total. The summed E-state index contributed by atoms with van der Waals surface area (Å²) in [4.78, 5) is 17.5. The van der Waals surface area contributed by atoms with Crippen LogP contribution in [0.1, 0.15) is 35.1 Å². The molecule has 1 saturated carbocycles. The molecular weight excluding hydrogens is 549 g/mol. The number of fused-ring (bicyclic) bond motifs is 3. The Morgan fingerprint density at radius 1 is 1.10 bits per heavy atom. The highest BCUT2D eigenvalue weighted by Gasteiger charge is 2.60. The molecule has 0 amide bonds. The molecular formula is C28H22F5N5O3. The lowest BCUT2D eigenvalue weighted by Gasteiger charge is -2.17. The summed E-state index contributed by atoms with van der Waals surface area (Å²) >= 11 is 0. The Morgan fingerprint density at radius 2 is 1.90 bits per heavy atom. The Bertz CT molecular complexity index is 1670. The van der Waals surface area contributed by atoms with Gasteiger partial charge in [-0.2, -0.15) is 18.0 Å². The molecule has 4 aromatic rings. The third kappa shape index (κ3) is 4.89. The Balaban J connectivity index is 1.25. The van der Waals surface area contributed by atoms with E-state index in [0.29, 0.717) is 19.1 Å². The van der Waals surface area contributed by atoms with E-state index in [0.717, 1.165) is 34.1 Å². The van der Waals surface area contributed by atoms with E-state index in [1.165, 1.54) is 13.1 Å². The maximum Gasteiger partial charge on any atom is 0.417 e. The van der Waals surface area contributed by atoms with Crippen LogP contribution in [0.2, 0.25) is 0 Å². The molecule has 2 aliphatic rings. The van der Waals surface area contributed by atoms with Gasteiger partial charge in [0.2, 0.25) is 11.7 Å². The van der Waals surface area contributed by atoms with Crippen LogP contribution in [0.5, 0.6) is 5.88 Å². The van der Waals surface area contributed by atoms with E-state index in [4.69, 9.17) is 9.47 Å². The summed E-state index contributed by atoms with van der Waals surface area (Å²) < 4.78 is 82.4. The largest absolute Gasteiger partial charge is 0.473 e. The van der Waals surface area contributed by atoms with Crippen molar-refractivity contribution in [3.8, 4) is 28.4 Å². The summed E-state index contributed by atoms with van der Waals surface area (Å²) in [5.74, 6) is -2.09. The second-order valence-corrected chi connectivity index (χ2v) is 9.97. The number of ether oxygens (including phenoxy) is 2. The van der Waals surface area contributed by atoms with E-state index < -0.39 is 35.5 Å². The van der Waals surface area contributed by atoms with Gasteiger partial charge in [0.05, 0.1) is 25.1 Å². The predicted molar refractivity (Wildman–Crippen MR) is 133 cm³/mol. The van der Waals surface area contributed by atoms with Crippen molar-refractivity contribution in [2.24, 2.45) is 18.9 Å². The Hall–Kier alpha value is -4.42. The molecule has 0 saturated heterocycles. The smallest absolute Gasteiger partial charge is 0.417 e. The van der Waals surface area contributed by atoms with Crippen LogP contribution in [0.15, 0.2) is 42.6 Å². The lowest BCUT2D eigenvalue weighted by Crippen LogP contribution is -2.12. The number of carbonyl (C=O) groups excluding carboxylic acids is 1. The van der Waals surface area contributed by atoms with Gasteiger partial charge in [-0.15, -0.1) is 10.2 Å². The van der Waals surface area contributed by atoms with Crippen molar-refractivity contribution >= 4 is 5.97 Å². The Kier molecular flexibility index (Phi) is 6.46. The van der Waals surface area contributed by atoms with Gasteiger partial charge in [-0.1, -0.05) is 12.1 Å². The Labute approximate surface area is 230 Å². The zero-order valence-corrected chi connectivity index (χ0v) is 21.7. The van der Waals surface area contributed by atoms with Gasteiger partial charge in [-0.3, -0.25) is 4.79 Å². The van der Waals surface area contributed by atoms with E-state index in [-0.39, 0.29) is 52.1 Å². The van der Waals surface area contributed by atoms with Crippen LogP contribution >= 0.6 is 0 Å². The van der Waals surface area contributed by atoms with Gasteiger partial charge in [0.15, 0.2) is 0 Å². The third-order valence-corrected chi connectivity index (χ3v) is 7.43. The van der Waals surface area contributed by atoms with Crippen molar-refractivity contribution in [3.05, 3.63) is 76.5 Å². The molecule has 0 N–H and O–H groups in total. The average Bonchev–Trinajstić information content (AvgIpc) is 3.24. The SMILES string of the molecule is CCOC(=O)[C@H]1[C@@H]2Cc3cc(OCc4cc(-c5ccc(-c6nnn(C)n6)cc5F)c(C(F)(F)F)cc4F)ncc3[C@@H]21. The summed E-state index contributed by atoms with van der Waals surface area (Å²) in [5, 5.41) is 11.4. The molecule has 13 heteroatoms. The van der Waals surface area contributed by atoms with Crippen molar-refractivity contribution in [3.63, 3.8) is 0 Å². The second-order valence-electron chi connectivity index (χ2n) is 9.97. The van der Waals surface area contributed by atoms with Gasteiger partial charge in [0.1, 0.15) is 18.2 Å². The normalized spacial score (nSPS) is 19.0. The van der Waals surface area contributed by atoms with Crippen LogP contribution in [-0.2, 0) is 35.8 Å². The Morgan fingerprint density at radius 3 is 2.59 bits per heavy atom. The van der Waals surface area contributed by atoms with Crippen molar-refractivity contribution in [2.75, 3.05) is 6.61 Å². The molecule has 2 aromatic heterocycles.